The third-order valence-corrected chi connectivity index (χ3v) is 5.11. The predicted molar refractivity (Wildman–Crippen MR) is 98.9 cm³/mol. The van der Waals surface area contributed by atoms with Crippen LogP contribution in [0.25, 0.3) is 16.6 Å². The number of anilines is 1. The summed E-state index contributed by atoms with van der Waals surface area (Å²) in [6, 6.07) is 18.8. The van der Waals surface area contributed by atoms with Gasteiger partial charge in [-0.1, -0.05) is 42.5 Å². The first-order chi connectivity index (χ1) is 12.3. The van der Waals surface area contributed by atoms with E-state index in [1.807, 2.05) is 35.7 Å². The van der Waals surface area contributed by atoms with E-state index in [0.717, 1.165) is 34.9 Å². The highest BCUT2D eigenvalue weighted by atomic mass is 15.4. The largest absolute Gasteiger partial charge is 0.353 e. The Morgan fingerprint density at radius 3 is 2.56 bits per heavy atom. The van der Waals surface area contributed by atoms with Crippen LogP contribution in [0.15, 0.2) is 54.6 Å². The summed E-state index contributed by atoms with van der Waals surface area (Å²) in [5.41, 5.74) is 3.41. The van der Waals surface area contributed by atoms with Crippen LogP contribution >= 0.6 is 0 Å². The number of benzene rings is 2. The molecule has 0 saturated heterocycles. The van der Waals surface area contributed by atoms with Gasteiger partial charge >= 0.3 is 0 Å². The number of hydrogen-bond acceptors (Lipinski definition) is 4. The van der Waals surface area contributed by atoms with Gasteiger partial charge < -0.3 is 5.32 Å². The van der Waals surface area contributed by atoms with Gasteiger partial charge in [0, 0.05) is 17.3 Å². The van der Waals surface area contributed by atoms with E-state index in [-0.39, 0.29) is 5.41 Å². The maximum Gasteiger partial charge on any atom is 0.226 e. The lowest BCUT2D eigenvalue weighted by Gasteiger charge is -2.17. The summed E-state index contributed by atoms with van der Waals surface area (Å²) in [5.74, 6) is 1.52. The molecule has 1 aliphatic carbocycles. The molecule has 0 atom stereocenters. The molecule has 0 bridgehead atoms. The Balaban J connectivity index is 1.54. The van der Waals surface area contributed by atoms with Gasteiger partial charge in [0.1, 0.15) is 5.82 Å². The molecule has 0 amide bonds. The monoisotopic (exact) mass is 329 g/mol. The average Bonchev–Trinajstić information content (AvgIpc) is 3.34. The Morgan fingerprint density at radius 2 is 1.76 bits per heavy atom. The molecular weight excluding hydrogens is 310 g/mol. The topological polar surface area (TPSA) is 55.1 Å². The standard InChI is InChI=1S/C20H19N5/c1-14-22-18-16-9-5-6-10-17(16)23-19(25(18)24-14)21-13-20(11-12-20)15-7-3-2-4-8-15/h2-10H,11-13H2,1H3,(H,21,23). The smallest absolute Gasteiger partial charge is 0.226 e. The molecular formula is C20H19N5. The molecule has 0 unspecified atom stereocenters. The quantitative estimate of drug-likeness (QED) is 0.620. The van der Waals surface area contributed by atoms with Crippen LogP contribution < -0.4 is 5.32 Å². The number of nitrogens with zero attached hydrogens (tertiary/aromatic N) is 4. The van der Waals surface area contributed by atoms with Crippen molar-refractivity contribution in [3.8, 4) is 0 Å². The summed E-state index contributed by atoms with van der Waals surface area (Å²) >= 11 is 0. The maximum atomic E-state index is 4.79. The zero-order chi connectivity index (χ0) is 16.9. The van der Waals surface area contributed by atoms with E-state index in [0.29, 0.717) is 0 Å². The van der Waals surface area contributed by atoms with Gasteiger partial charge in [-0.15, -0.1) is 5.10 Å². The second-order valence-electron chi connectivity index (χ2n) is 6.85. The molecule has 5 heteroatoms. The van der Waals surface area contributed by atoms with Gasteiger partial charge in [0.2, 0.25) is 5.95 Å². The fourth-order valence-electron chi connectivity index (χ4n) is 3.53. The minimum Gasteiger partial charge on any atom is -0.353 e. The molecule has 1 aliphatic rings. The molecule has 2 heterocycles. The van der Waals surface area contributed by atoms with Crippen molar-refractivity contribution in [2.75, 3.05) is 11.9 Å². The molecule has 1 fully saturated rings. The van der Waals surface area contributed by atoms with Crippen LogP contribution in [0.1, 0.15) is 24.2 Å². The Kier molecular flexibility index (Phi) is 3.04. The van der Waals surface area contributed by atoms with E-state index in [4.69, 9.17) is 4.98 Å². The third kappa shape index (κ3) is 2.35. The number of para-hydroxylation sites is 1. The number of rotatable bonds is 4. The van der Waals surface area contributed by atoms with Gasteiger partial charge in [-0.2, -0.15) is 4.52 Å². The van der Waals surface area contributed by atoms with Gasteiger partial charge in [0.15, 0.2) is 5.65 Å². The van der Waals surface area contributed by atoms with Crippen molar-refractivity contribution in [2.24, 2.45) is 0 Å². The Labute approximate surface area is 145 Å². The summed E-state index contributed by atoms with van der Waals surface area (Å²) < 4.78 is 1.83. The fourth-order valence-corrected chi connectivity index (χ4v) is 3.53. The van der Waals surface area contributed by atoms with Crippen LogP contribution in [-0.4, -0.2) is 26.1 Å². The highest BCUT2D eigenvalue weighted by Gasteiger charge is 2.44. The minimum atomic E-state index is 0.219. The molecule has 0 radical (unpaired) electrons. The maximum absolute atomic E-state index is 4.79. The first-order valence-electron chi connectivity index (χ1n) is 8.67. The van der Waals surface area contributed by atoms with Crippen molar-refractivity contribution in [2.45, 2.75) is 25.2 Å². The first kappa shape index (κ1) is 14.4. The van der Waals surface area contributed by atoms with Crippen LogP contribution in [0.2, 0.25) is 0 Å². The lowest BCUT2D eigenvalue weighted by atomic mass is 9.96. The van der Waals surface area contributed by atoms with E-state index in [1.54, 1.807) is 0 Å². The molecule has 0 aliphatic heterocycles. The van der Waals surface area contributed by atoms with E-state index in [1.165, 1.54) is 18.4 Å². The van der Waals surface area contributed by atoms with Crippen molar-refractivity contribution >= 4 is 22.5 Å². The normalized spacial score (nSPS) is 15.6. The summed E-state index contributed by atoms with van der Waals surface area (Å²) in [4.78, 5) is 9.38. The summed E-state index contributed by atoms with van der Waals surface area (Å²) in [5, 5.41) is 9.11. The Bertz CT molecular complexity index is 1060. The summed E-state index contributed by atoms with van der Waals surface area (Å²) in [7, 11) is 0. The van der Waals surface area contributed by atoms with Crippen molar-refractivity contribution in [1.29, 1.82) is 0 Å². The minimum absolute atomic E-state index is 0.219. The number of nitrogens with one attached hydrogen (secondary N) is 1. The molecule has 1 saturated carbocycles. The summed E-state index contributed by atoms with van der Waals surface area (Å²) in [6.45, 7) is 2.77. The molecule has 1 N–H and O–H groups in total. The molecule has 4 aromatic rings. The van der Waals surface area contributed by atoms with Gasteiger partial charge in [-0.3, -0.25) is 0 Å². The average molecular weight is 329 g/mol. The van der Waals surface area contributed by atoms with Gasteiger partial charge in [-0.25, -0.2) is 9.97 Å². The third-order valence-electron chi connectivity index (χ3n) is 5.11. The van der Waals surface area contributed by atoms with Crippen LogP contribution in [-0.2, 0) is 5.41 Å². The second-order valence-corrected chi connectivity index (χ2v) is 6.85. The van der Waals surface area contributed by atoms with E-state index in [9.17, 15) is 0 Å². The Morgan fingerprint density at radius 1 is 1.00 bits per heavy atom. The zero-order valence-electron chi connectivity index (χ0n) is 14.1. The van der Waals surface area contributed by atoms with Gasteiger partial charge in [0.25, 0.3) is 0 Å². The molecule has 25 heavy (non-hydrogen) atoms. The summed E-state index contributed by atoms with van der Waals surface area (Å²) in [6.07, 6.45) is 2.41. The van der Waals surface area contributed by atoms with Crippen LogP contribution in [0.3, 0.4) is 0 Å². The molecule has 124 valence electrons. The Hall–Kier alpha value is -2.95. The van der Waals surface area contributed by atoms with E-state index >= 15 is 0 Å². The first-order valence-corrected chi connectivity index (χ1v) is 8.67. The highest BCUT2D eigenvalue weighted by molar-refractivity contribution is 5.92. The van der Waals surface area contributed by atoms with E-state index < -0.39 is 0 Å². The lowest BCUT2D eigenvalue weighted by Crippen LogP contribution is -2.21. The SMILES string of the molecule is Cc1nc2c3ccccc3nc(NCC3(c4ccccc4)CC3)n2n1. The number of aromatic nitrogens is 4. The number of fused-ring (bicyclic) bond motifs is 3. The van der Waals surface area contributed by atoms with Gasteiger partial charge in [0.05, 0.1) is 5.52 Å². The second kappa shape index (κ2) is 5.28. The van der Waals surface area contributed by atoms with Crippen LogP contribution in [0.5, 0.6) is 0 Å². The molecule has 5 rings (SSSR count). The molecule has 2 aromatic heterocycles. The van der Waals surface area contributed by atoms with Gasteiger partial charge in [-0.05, 0) is 37.5 Å². The van der Waals surface area contributed by atoms with Crippen molar-refractivity contribution < 1.29 is 0 Å². The number of hydrogen-bond donors (Lipinski definition) is 1. The van der Waals surface area contributed by atoms with Crippen molar-refractivity contribution in [1.82, 2.24) is 19.6 Å². The lowest BCUT2D eigenvalue weighted by molar-refractivity contribution is 0.722. The molecule has 5 nitrogen and oxygen atoms in total. The molecule has 2 aromatic carbocycles. The zero-order valence-corrected chi connectivity index (χ0v) is 14.1. The molecule has 0 spiro atoms. The predicted octanol–water partition coefficient (Wildman–Crippen LogP) is 3.73. The van der Waals surface area contributed by atoms with E-state index in [2.05, 4.69) is 45.7 Å². The highest BCUT2D eigenvalue weighted by Crippen LogP contribution is 2.48. The van der Waals surface area contributed by atoms with Crippen molar-refractivity contribution in [3.05, 3.63) is 66.0 Å². The van der Waals surface area contributed by atoms with Crippen molar-refractivity contribution in [3.63, 3.8) is 0 Å². The van der Waals surface area contributed by atoms with Crippen LogP contribution in [0, 0.1) is 6.92 Å². The van der Waals surface area contributed by atoms with Crippen LogP contribution in [0.4, 0.5) is 5.95 Å². The fraction of sp³-hybridized carbons (Fsp3) is 0.250. The number of aryl methyl sites for hydroxylation is 1.